The minimum Gasteiger partial charge on any atom is -0.493 e. The number of ether oxygens (including phenoxy) is 1. The lowest BCUT2D eigenvalue weighted by molar-refractivity contribution is -0.137. The van der Waals surface area contributed by atoms with Crippen LogP contribution in [-0.2, 0) is 21.2 Å². The Balaban J connectivity index is 0.00000481. The first-order valence-corrected chi connectivity index (χ1v) is 13.0. The minimum atomic E-state index is -4.18. The normalized spacial score (nSPS) is 11.8. The Labute approximate surface area is 228 Å². The first-order chi connectivity index (χ1) is 17.0. The maximum absolute atomic E-state index is 13.7. The van der Waals surface area contributed by atoms with E-state index in [9.17, 15) is 18.3 Å². The molecule has 0 aliphatic rings. The number of benzene rings is 3. The van der Waals surface area contributed by atoms with Crippen molar-refractivity contribution in [2.75, 3.05) is 10.9 Å². The predicted molar refractivity (Wildman–Crippen MR) is 148 cm³/mol. The summed E-state index contributed by atoms with van der Waals surface area (Å²) in [6.45, 7) is 3.67. The summed E-state index contributed by atoms with van der Waals surface area (Å²) in [4.78, 5) is 11.3. The van der Waals surface area contributed by atoms with Gasteiger partial charge in [0.05, 0.1) is 29.8 Å². The van der Waals surface area contributed by atoms with Crippen molar-refractivity contribution < 1.29 is 23.1 Å². The molecule has 0 heterocycles. The molecule has 0 bridgehead atoms. The molecule has 0 amide bonds. The number of carboxylic acids is 1. The lowest BCUT2D eigenvalue weighted by Crippen LogP contribution is -2.40. The molecule has 4 N–H and O–H groups in total. The second-order valence-electron chi connectivity index (χ2n) is 8.39. The number of halogens is 2. The molecule has 1 unspecified atom stereocenters. The Bertz CT molecular complexity index is 1360. The summed E-state index contributed by atoms with van der Waals surface area (Å²) in [7, 11) is -4.18. The van der Waals surface area contributed by atoms with Crippen LogP contribution in [0, 0.1) is 12.3 Å². The van der Waals surface area contributed by atoms with Crippen molar-refractivity contribution in [2.24, 2.45) is 5.73 Å². The number of nitrogens with one attached hydrogen (secondary N) is 1. The quantitative estimate of drug-likeness (QED) is 0.220. The molecule has 3 rings (SSSR count). The van der Waals surface area contributed by atoms with Gasteiger partial charge in [0.1, 0.15) is 16.5 Å². The molecular formula is C26H29Cl2N3O5S. The van der Waals surface area contributed by atoms with E-state index in [0.717, 1.165) is 15.4 Å². The van der Waals surface area contributed by atoms with E-state index in [1.807, 2.05) is 12.1 Å². The topological polar surface area (TPSA) is 134 Å². The van der Waals surface area contributed by atoms with Gasteiger partial charge in [-0.3, -0.25) is 14.5 Å². The molecule has 0 aliphatic carbocycles. The first kappa shape index (κ1) is 30.0. The number of hydrogen-bond acceptors (Lipinski definition) is 5. The number of rotatable bonds is 11. The van der Waals surface area contributed by atoms with E-state index < -0.39 is 28.5 Å². The van der Waals surface area contributed by atoms with E-state index in [1.165, 1.54) is 19.1 Å². The molecule has 0 saturated carbocycles. The van der Waals surface area contributed by atoms with Gasteiger partial charge in [-0.25, -0.2) is 8.42 Å². The molecule has 3 aromatic carbocycles. The van der Waals surface area contributed by atoms with Crippen LogP contribution in [0.15, 0.2) is 71.6 Å². The zero-order chi connectivity index (χ0) is 26.5. The fourth-order valence-corrected chi connectivity index (χ4v) is 5.94. The Kier molecular flexibility index (Phi) is 10.4. The molecule has 198 valence electrons. The Morgan fingerprint density at radius 1 is 1.14 bits per heavy atom. The number of anilines is 1. The average molecular weight is 567 g/mol. The van der Waals surface area contributed by atoms with Crippen LogP contribution < -0.4 is 14.8 Å². The molecule has 11 heteroatoms. The van der Waals surface area contributed by atoms with E-state index in [1.54, 1.807) is 49.4 Å². The van der Waals surface area contributed by atoms with Gasteiger partial charge in [0.15, 0.2) is 0 Å². The SMILES string of the molecule is Cc1cc(OCCc2ccc(C(=N)N)cc2)cc(N(C(C)CC(=O)O)S(=O)(=O)c2ccccc2Cl)c1.Cl. The first-order valence-electron chi connectivity index (χ1n) is 11.2. The molecule has 0 radical (unpaired) electrons. The third kappa shape index (κ3) is 7.61. The van der Waals surface area contributed by atoms with Crippen molar-refractivity contribution in [3.8, 4) is 5.75 Å². The molecule has 0 spiro atoms. The van der Waals surface area contributed by atoms with Crippen molar-refractivity contribution in [3.63, 3.8) is 0 Å². The number of nitrogens with two attached hydrogens (primary N) is 1. The van der Waals surface area contributed by atoms with Crippen LogP contribution in [0.1, 0.15) is 30.0 Å². The molecule has 3 aromatic rings. The molecule has 0 aliphatic heterocycles. The van der Waals surface area contributed by atoms with Crippen LogP contribution in [0.5, 0.6) is 5.75 Å². The summed E-state index contributed by atoms with van der Waals surface area (Å²) in [6, 6.07) is 17.5. The molecule has 37 heavy (non-hydrogen) atoms. The van der Waals surface area contributed by atoms with Crippen LogP contribution in [0.2, 0.25) is 5.02 Å². The lowest BCUT2D eigenvalue weighted by atomic mass is 10.1. The van der Waals surface area contributed by atoms with Crippen LogP contribution in [0.4, 0.5) is 5.69 Å². The largest absolute Gasteiger partial charge is 0.493 e. The van der Waals surface area contributed by atoms with Crippen LogP contribution in [0.3, 0.4) is 0 Å². The molecule has 0 aromatic heterocycles. The number of amidine groups is 1. The van der Waals surface area contributed by atoms with Gasteiger partial charge in [-0.1, -0.05) is 48.0 Å². The molecular weight excluding hydrogens is 537 g/mol. The highest BCUT2D eigenvalue weighted by Gasteiger charge is 2.32. The number of hydrogen-bond donors (Lipinski definition) is 3. The van der Waals surface area contributed by atoms with Gasteiger partial charge in [-0.05, 0) is 49.2 Å². The van der Waals surface area contributed by atoms with Crippen LogP contribution >= 0.6 is 24.0 Å². The van der Waals surface area contributed by atoms with E-state index >= 15 is 0 Å². The Morgan fingerprint density at radius 3 is 2.38 bits per heavy atom. The zero-order valence-electron chi connectivity index (χ0n) is 20.3. The van der Waals surface area contributed by atoms with Gasteiger partial charge in [-0.15, -0.1) is 12.4 Å². The number of sulfonamides is 1. The number of aryl methyl sites for hydroxylation is 1. The van der Waals surface area contributed by atoms with Crippen molar-refractivity contribution in [1.82, 2.24) is 0 Å². The van der Waals surface area contributed by atoms with Gasteiger partial charge in [0.2, 0.25) is 0 Å². The third-order valence-electron chi connectivity index (χ3n) is 5.46. The molecule has 8 nitrogen and oxygen atoms in total. The van der Waals surface area contributed by atoms with Crippen LogP contribution in [0.25, 0.3) is 0 Å². The van der Waals surface area contributed by atoms with Gasteiger partial charge < -0.3 is 15.6 Å². The predicted octanol–water partition coefficient (Wildman–Crippen LogP) is 5.03. The monoisotopic (exact) mass is 565 g/mol. The van der Waals surface area contributed by atoms with Crippen molar-refractivity contribution >= 4 is 51.5 Å². The maximum Gasteiger partial charge on any atom is 0.305 e. The van der Waals surface area contributed by atoms with Gasteiger partial charge in [0, 0.05) is 18.1 Å². The molecule has 1 atom stereocenters. The molecule has 0 saturated heterocycles. The number of nitrogen functional groups attached to an aromatic ring is 1. The van der Waals surface area contributed by atoms with Crippen molar-refractivity contribution in [1.29, 1.82) is 5.41 Å². The summed E-state index contributed by atoms with van der Waals surface area (Å²) in [6.07, 6.45) is 0.183. The standard InChI is InChI=1S/C26H28ClN3O5S.ClH/c1-17-13-21(16-22(14-17)35-12-11-19-7-9-20(10-8-19)26(28)29)30(18(2)15-25(31)32)36(33,34)24-6-4-3-5-23(24)27;/h3-10,13-14,16,18H,11-12,15H2,1-2H3,(H3,28,29)(H,31,32);1H. The highest BCUT2D eigenvalue weighted by atomic mass is 35.5. The molecule has 0 fully saturated rings. The minimum absolute atomic E-state index is 0. The second-order valence-corrected chi connectivity index (χ2v) is 10.6. The summed E-state index contributed by atoms with van der Waals surface area (Å²) in [5.41, 5.74) is 8.14. The maximum atomic E-state index is 13.7. The number of nitrogens with zero attached hydrogens (tertiary/aromatic N) is 1. The van der Waals surface area contributed by atoms with Crippen LogP contribution in [-0.4, -0.2) is 38.0 Å². The van der Waals surface area contributed by atoms with Gasteiger partial charge >= 0.3 is 5.97 Å². The van der Waals surface area contributed by atoms with Gasteiger partial charge in [-0.2, -0.15) is 0 Å². The number of carbonyl (C=O) groups is 1. The Hall–Kier alpha value is -3.27. The van der Waals surface area contributed by atoms with E-state index in [2.05, 4.69) is 0 Å². The zero-order valence-corrected chi connectivity index (χ0v) is 22.7. The summed E-state index contributed by atoms with van der Waals surface area (Å²) in [5, 5.41) is 16.9. The van der Waals surface area contributed by atoms with Crippen molar-refractivity contribution in [2.45, 2.75) is 37.6 Å². The average Bonchev–Trinajstić information content (AvgIpc) is 2.78. The number of aliphatic carboxylic acids is 1. The fraction of sp³-hybridized carbons (Fsp3) is 0.231. The summed E-state index contributed by atoms with van der Waals surface area (Å²) in [5.74, 6) is -0.674. The fourth-order valence-electron chi connectivity index (χ4n) is 3.80. The Morgan fingerprint density at radius 2 is 1.78 bits per heavy atom. The van der Waals surface area contributed by atoms with E-state index in [-0.39, 0.29) is 33.8 Å². The van der Waals surface area contributed by atoms with E-state index in [4.69, 9.17) is 27.5 Å². The third-order valence-corrected chi connectivity index (χ3v) is 7.90. The summed E-state index contributed by atoms with van der Waals surface area (Å²) >= 11 is 6.20. The smallest absolute Gasteiger partial charge is 0.305 e. The highest BCUT2D eigenvalue weighted by Crippen LogP contribution is 2.33. The second kappa shape index (κ2) is 12.8. The summed E-state index contributed by atoms with van der Waals surface area (Å²) < 4.78 is 34.3. The lowest BCUT2D eigenvalue weighted by Gasteiger charge is -2.30. The van der Waals surface area contributed by atoms with Gasteiger partial charge in [0.25, 0.3) is 10.0 Å². The number of carboxylic acid groups (broad SMARTS) is 1. The van der Waals surface area contributed by atoms with E-state index in [0.29, 0.717) is 24.3 Å². The van der Waals surface area contributed by atoms with Crippen molar-refractivity contribution in [3.05, 3.63) is 88.4 Å². The highest BCUT2D eigenvalue weighted by molar-refractivity contribution is 7.93.